The van der Waals surface area contributed by atoms with Gasteiger partial charge in [0.1, 0.15) is 0 Å². The van der Waals surface area contributed by atoms with Crippen LogP contribution in [-0.2, 0) is 6.42 Å². The van der Waals surface area contributed by atoms with E-state index in [4.69, 9.17) is 5.73 Å². The van der Waals surface area contributed by atoms with E-state index in [2.05, 4.69) is 45.1 Å². The van der Waals surface area contributed by atoms with Crippen LogP contribution in [0.25, 0.3) is 0 Å². The fourth-order valence-electron chi connectivity index (χ4n) is 3.63. The zero-order valence-electron chi connectivity index (χ0n) is 10.7. The van der Waals surface area contributed by atoms with Gasteiger partial charge in [0.15, 0.2) is 0 Å². The summed E-state index contributed by atoms with van der Waals surface area (Å²) in [5.74, 6) is 0. The van der Waals surface area contributed by atoms with Gasteiger partial charge < -0.3 is 5.73 Å². The number of hydrogen-bond acceptors (Lipinski definition) is 2. The molecule has 0 aliphatic carbocycles. The smallest absolute Gasteiger partial charge is 0.0178 e. The van der Waals surface area contributed by atoms with Crippen molar-refractivity contribution in [3.63, 3.8) is 0 Å². The van der Waals surface area contributed by atoms with Crippen LogP contribution in [0, 0.1) is 0 Å². The minimum Gasteiger partial charge on any atom is -0.328 e. The zero-order chi connectivity index (χ0) is 12.5. The van der Waals surface area contributed by atoms with Crippen molar-refractivity contribution >= 4 is 15.9 Å². The zero-order valence-corrected chi connectivity index (χ0v) is 12.3. The van der Waals surface area contributed by atoms with Crippen LogP contribution in [-0.4, -0.2) is 29.6 Å². The molecule has 0 amide bonds. The lowest BCUT2D eigenvalue weighted by molar-refractivity contribution is 0.129. The molecule has 2 fully saturated rings. The van der Waals surface area contributed by atoms with Gasteiger partial charge in [-0.25, -0.2) is 0 Å². The first-order chi connectivity index (χ1) is 8.72. The van der Waals surface area contributed by atoms with Gasteiger partial charge in [0.25, 0.3) is 0 Å². The van der Waals surface area contributed by atoms with E-state index in [1.165, 1.54) is 42.3 Å². The average molecular weight is 309 g/mol. The maximum absolute atomic E-state index is 6.11. The Kier molecular flexibility index (Phi) is 3.73. The van der Waals surface area contributed by atoms with Gasteiger partial charge in [-0.15, -0.1) is 0 Å². The number of nitrogens with two attached hydrogens (primary N) is 1. The molecule has 3 rings (SSSR count). The summed E-state index contributed by atoms with van der Waals surface area (Å²) in [6.45, 7) is 1.19. The normalized spacial score (nSPS) is 31.8. The molecule has 2 saturated heterocycles. The Morgan fingerprint density at radius 2 is 1.94 bits per heavy atom. The highest BCUT2D eigenvalue weighted by Gasteiger charge is 2.38. The second-order valence-corrected chi connectivity index (χ2v) is 6.65. The molecule has 98 valence electrons. The third kappa shape index (κ3) is 2.63. The van der Waals surface area contributed by atoms with Crippen LogP contribution in [0.2, 0.25) is 0 Å². The van der Waals surface area contributed by atoms with Gasteiger partial charge in [-0.05, 0) is 49.8 Å². The predicted molar refractivity (Wildman–Crippen MR) is 78.6 cm³/mol. The third-order valence-corrected chi connectivity index (χ3v) is 4.96. The molecule has 2 bridgehead atoms. The average Bonchev–Trinajstić information content (AvgIpc) is 2.57. The van der Waals surface area contributed by atoms with Gasteiger partial charge in [-0.1, -0.05) is 28.1 Å². The van der Waals surface area contributed by atoms with E-state index >= 15 is 0 Å². The van der Waals surface area contributed by atoms with E-state index in [9.17, 15) is 0 Å². The molecule has 2 unspecified atom stereocenters. The summed E-state index contributed by atoms with van der Waals surface area (Å²) in [6.07, 6.45) is 6.28. The highest BCUT2D eigenvalue weighted by molar-refractivity contribution is 9.10. The molecule has 0 radical (unpaired) electrons. The monoisotopic (exact) mass is 308 g/mol. The quantitative estimate of drug-likeness (QED) is 0.930. The minimum absolute atomic E-state index is 0.449. The van der Waals surface area contributed by atoms with Gasteiger partial charge >= 0.3 is 0 Å². The van der Waals surface area contributed by atoms with Gasteiger partial charge in [0.05, 0.1) is 0 Å². The fourth-order valence-corrected chi connectivity index (χ4v) is 4.08. The van der Waals surface area contributed by atoms with Gasteiger partial charge in [0, 0.05) is 29.1 Å². The number of halogens is 1. The summed E-state index contributed by atoms with van der Waals surface area (Å²) in [7, 11) is 0. The molecule has 0 aromatic heterocycles. The molecule has 3 heteroatoms. The van der Waals surface area contributed by atoms with Crippen molar-refractivity contribution in [1.29, 1.82) is 0 Å². The Labute approximate surface area is 118 Å². The molecule has 1 aromatic rings. The van der Waals surface area contributed by atoms with Crippen LogP contribution in [0.3, 0.4) is 0 Å². The highest BCUT2D eigenvalue weighted by atomic mass is 79.9. The summed E-state index contributed by atoms with van der Waals surface area (Å²) >= 11 is 3.54. The Hall–Kier alpha value is -0.380. The second-order valence-electron chi connectivity index (χ2n) is 5.73. The van der Waals surface area contributed by atoms with Crippen molar-refractivity contribution in [1.82, 2.24) is 4.90 Å². The van der Waals surface area contributed by atoms with Gasteiger partial charge in [0.2, 0.25) is 0 Å². The number of fused-ring (bicyclic) bond motifs is 2. The first-order valence-corrected chi connectivity index (χ1v) is 7.77. The molecule has 2 heterocycles. The highest BCUT2D eigenvalue weighted by Crippen LogP contribution is 2.35. The first kappa shape index (κ1) is 12.6. The van der Waals surface area contributed by atoms with Gasteiger partial charge in [-0.2, -0.15) is 0 Å². The first-order valence-electron chi connectivity index (χ1n) is 6.98. The molecule has 0 spiro atoms. The Bertz CT molecular complexity index is 407. The third-order valence-electron chi connectivity index (χ3n) is 4.47. The summed E-state index contributed by atoms with van der Waals surface area (Å²) < 4.78 is 1.18. The number of rotatable bonds is 3. The van der Waals surface area contributed by atoms with Crippen LogP contribution >= 0.6 is 15.9 Å². The Morgan fingerprint density at radius 1 is 1.22 bits per heavy atom. The predicted octanol–water partition coefficient (Wildman–Crippen LogP) is 2.95. The number of piperidine rings is 1. The lowest BCUT2D eigenvalue weighted by Crippen LogP contribution is -2.48. The van der Waals surface area contributed by atoms with Crippen LogP contribution in [0.4, 0.5) is 0 Å². The van der Waals surface area contributed by atoms with Crippen molar-refractivity contribution in [2.24, 2.45) is 5.73 Å². The maximum atomic E-state index is 6.11. The maximum Gasteiger partial charge on any atom is 0.0178 e. The van der Waals surface area contributed by atoms with E-state index in [0.717, 1.165) is 18.5 Å². The van der Waals surface area contributed by atoms with Crippen molar-refractivity contribution in [3.8, 4) is 0 Å². The van der Waals surface area contributed by atoms with Crippen molar-refractivity contribution in [3.05, 3.63) is 34.3 Å². The molecule has 2 nitrogen and oxygen atoms in total. The summed E-state index contributed by atoms with van der Waals surface area (Å²) in [4.78, 5) is 2.71. The van der Waals surface area contributed by atoms with Crippen molar-refractivity contribution in [2.45, 2.75) is 50.2 Å². The molecule has 18 heavy (non-hydrogen) atoms. The molecule has 0 saturated carbocycles. The molecular weight excluding hydrogens is 288 g/mol. The Morgan fingerprint density at radius 3 is 2.61 bits per heavy atom. The van der Waals surface area contributed by atoms with Crippen LogP contribution in [0.5, 0.6) is 0 Å². The summed E-state index contributed by atoms with van der Waals surface area (Å²) in [5.41, 5.74) is 7.54. The Balaban J connectivity index is 1.61. The van der Waals surface area contributed by atoms with Crippen molar-refractivity contribution < 1.29 is 0 Å². The topological polar surface area (TPSA) is 29.3 Å². The number of hydrogen-bond donors (Lipinski definition) is 1. The molecule has 2 aliphatic rings. The summed E-state index contributed by atoms with van der Waals surface area (Å²) in [6, 6.07) is 10.6. The SMILES string of the molecule is NC1CC2CCC(C1)N2CCc1cccc(Br)c1. The number of nitrogens with zero attached hydrogens (tertiary/aromatic N) is 1. The van der Waals surface area contributed by atoms with Crippen LogP contribution < -0.4 is 5.73 Å². The fraction of sp³-hybridized carbons (Fsp3) is 0.600. The standard InChI is InChI=1S/C15H21BrN2/c16-12-3-1-2-11(8-12)6-7-18-14-4-5-15(18)10-13(17)9-14/h1-3,8,13-15H,4-7,9-10,17H2. The van der Waals surface area contributed by atoms with Crippen LogP contribution in [0.1, 0.15) is 31.2 Å². The molecule has 2 atom stereocenters. The number of benzene rings is 1. The van der Waals surface area contributed by atoms with E-state index in [0.29, 0.717) is 6.04 Å². The van der Waals surface area contributed by atoms with E-state index in [1.54, 1.807) is 0 Å². The molecule has 2 aliphatic heterocycles. The van der Waals surface area contributed by atoms with E-state index in [-0.39, 0.29) is 0 Å². The van der Waals surface area contributed by atoms with Crippen molar-refractivity contribution in [2.75, 3.05) is 6.54 Å². The molecule has 1 aromatic carbocycles. The van der Waals surface area contributed by atoms with Crippen LogP contribution in [0.15, 0.2) is 28.7 Å². The minimum atomic E-state index is 0.449. The second kappa shape index (κ2) is 5.32. The largest absolute Gasteiger partial charge is 0.328 e. The lowest BCUT2D eigenvalue weighted by atomic mass is 9.97. The van der Waals surface area contributed by atoms with Gasteiger partial charge in [-0.3, -0.25) is 4.90 Å². The lowest BCUT2D eigenvalue weighted by Gasteiger charge is -2.37. The van der Waals surface area contributed by atoms with E-state index < -0.39 is 0 Å². The van der Waals surface area contributed by atoms with E-state index in [1.807, 2.05) is 0 Å². The molecular formula is C15H21BrN2. The molecule has 2 N–H and O–H groups in total. The summed E-state index contributed by atoms with van der Waals surface area (Å²) in [5, 5.41) is 0.